The van der Waals surface area contributed by atoms with Crippen molar-refractivity contribution in [3.63, 3.8) is 0 Å². The molecule has 0 fully saturated rings. The third-order valence-electron chi connectivity index (χ3n) is 4.00. The maximum Gasteiger partial charge on any atom is 0.263 e. The highest BCUT2D eigenvalue weighted by molar-refractivity contribution is 6.21. The Labute approximate surface area is 157 Å². The second-order valence-corrected chi connectivity index (χ2v) is 7.09. The monoisotopic (exact) mass is 404 g/mol. The lowest BCUT2D eigenvalue weighted by atomic mass is 10.1. The van der Waals surface area contributed by atoms with Crippen molar-refractivity contribution in [2.75, 3.05) is 21.1 Å². The van der Waals surface area contributed by atoms with Gasteiger partial charge in [-0.1, -0.05) is 36.4 Å². The first-order chi connectivity index (χ1) is 11.3. The van der Waals surface area contributed by atoms with Crippen molar-refractivity contribution in [3.05, 3.63) is 70.8 Å². The van der Waals surface area contributed by atoms with Gasteiger partial charge in [-0.25, -0.2) is 4.90 Å². The number of aliphatic hydroxyl groups is 1. The van der Waals surface area contributed by atoms with Crippen LogP contribution in [0, 0.1) is 0 Å². The number of benzene rings is 2. The van der Waals surface area contributed by atoms with E-state index >= 15 is 0 Å². The summed E-state index contributed by atoms with van der Waals surface area (Å²) in [5, 5.41) is 10.5. The molecule has 0 aliphatic carbocycles. The van der Waals surface area contributed by atoms with Gasteiger partial charge in [0.2, 0.25) is 0 Å². The van der Waals surface area contributed by atoms with Gasteiger partial charge in [-0.15, -0.1) is 0 Å². The zero-order valence-corrected chi connectivity index (χ0v) is 16.0. The Kier molecular flexibility index (Phi) is 5.46. The first-order valence-corrected chi connectivity index (χ1v) is 7.82. The van der Waals surface area contributed by atoms with Crippen LogP contribution in [0.15, 0.2) is 48.5 Å². The minimum atomic E-state index is -1.28. The van der Waals surface area contributed by atoms with Crippen LogP contribution in [0.4, 0.5) is 0 Å². The molecular formula is C19H21BrN2O3. The molecule has 0 bridgehead atoms. The second kappa shape index (κ2) is 7.07. The fourth-order valence-electron chi connectivity index (χ4n) is 2.92. The van der Waals surface area contributed by atoms with Gasteiger partial charge in [-0.2, -0.15) is 0 Å². The summed E-state index contributed by atoms with van der Waals surface area (Å²) in [7, 11) is 6.30. The minimum absolute atomic E-state index is 0. The van der Waals surface area contributed by atoms with Crippen LogP contribution in [-0.2, 0) is 6.54 Å². The van der Waals surface area contributed by atoms with Crippen molar-refractivity contribution >= 4 is 11.8 Å². The molecular weight excluding hydrogens is 384 g/mol. The van der Waals surface area contributed by atoms with E-state index in [0.717, 1.165) is 21.5 Å². The van der Waals surface area contributed by atoms with E-state index < -0.39 is 18.0 Å². The normalized spacial score (nSPS) is 15.0. The molecule has 1 unspecified atom stereocenters. The van der Waals surface area contributed by atoms with E-state index in [1.54, 1.807) is 36.4 Å². The summed E-state index contributed by atoms with van der Waals surface area (Å²) in [6, 6.07) is 14.0. The number of rotatable bonds is 4. The van der Waals surface area contributed by atoms with Gasteiger partial charge in [0.15, 0.2) is 6.23 Å². The summed E-state index contributed by atoms with van der Waals surface area (Å²) in [5.74, 6) is -0.919. The van der Waals surface area contributed by atoms with Gasteiger partial charge in [0.05, 0.1) is 32.3 Å². The van der Waals surface area contributed by atoms with Crippen LogP contribution in [0.2, 0.25) is 0 Å². The lowest BCUT2D eigenvalue weighted by Gasteiger charge is -2.25. The molecule has 1 heterocycles. The first kappa shape index (κ1) is 19.3. The highest BCUT2D eigenvalue weighted by Crippen LogP contribution is 2.30. The summed E-state index contributed by atoms with van der Waals surface area (Å²) in [6.45, 7) is 0.851. The van der Waals surface area contributed by atoms with Crippen molar-refractivity contribution in [1.82, 2.24) is 4.90 Å². The second-order valence-electron chi connectivity index (χ2n) is 7.09. The first-order valence-electron chi connectivity index (χ1n) is 7.82. The Morgan fingerprint density at radius 2 is 1.40 bits per heavy atom. The number of carbonyl (C=O) groups is 2. The Bertz CT molecular complexity index is 762. The van der Waals surface area contributed by atoms with Gasteiger partial charge in [-0.3, -0.25) is 9.59 Å². The van der Waals surface area contributed by atoms with E-state index in [0.29, 0.717) is 16.7 Å². The molecule has 6 heteroatoms. The summed E-state index contributed by atoms with van der Waals surface area (Å²) in [5.41, 5.74) is 2.32. The van der Waals surface area contributed by atoms with E-state index in [4.69, 9.17) is 0 Å². The number of amides is 2. The highest BCUT2D eigenvalue weighted by atomic mass is 79.9. The molecule has 0 saturated heterocycles. The van der Waals surface area contributed by atoms with Crippen LogP contribution in [0.1, 0.15) is 38.1 Å². The molecule has 1 aliphatic heterocycles. The molecule has 1 aliphatic rings. The Balaban J connectivity index is 0.00000225. The SMILES string of the molecule is C[N+](C)(C)Cc1ccc(C(O)N2C(=O)c3ccccc3C2=O)cc1.[Br-]. The molecule has 0 saturated carbocycles. The van der Waals surface area contributed by atoms with E-state index in [-0.39, 0.29) is 17.0 Å². The topological polar surface area (TPSA) is 57.6 Å². The van der Waals surface area contributed by atoms with E-state index in [9.17, 15) is 14.7 Å². The zero-order valence-electron chi connectivity index (χ0n) is 14.4. The van der Waals surface area contributed by atoms with Crippen molar-refractivity contribution in [1.29, 1.82) is 0 Å². The lowest BCUT2D eigenvalue weighted by molar-refractivity contribution is -0.884. The summed E-state index contributed by atoms with van der Waals surface area (Å²) >= 11 is 0. The number of fused-ring (bicyclic) bond motifs is 1. The molecule has 132 valence electrons. The number of quaternary nitrogens is 1. The number of hydrogen-bond donors (Lipinski definition) is 1. The van der Waals surface area contributed by atoms with Gasteiger partial charge in [0, 0.05) is 11.1 Å². The standard InChI is InChI=1S/C19H21N2O3.BrH/c1-21(2,3)12-13-8-10-14(11-9-13)17(22)20-18(23)15-6-4-5-7-16(15)19(20)24;/h4-11,17,22H,12H2,1-3H3;1H/q+1;/p-1. The fraction of sp³-hybridized carbons (Fsp3) is 0.263. The van der Waals surface area contributed by atoms with Crippen molar-refractivity contribution in [3.8, 4) is 0 Å². The Morgan fingerprint density at radius 1 is 0.920 bits per heavy atom. The predicted octanol–water partition coefficient (Wildman–Crippen LogP) is -0.816. The molecule has 0 spiro atoms. The van der Waals surface area contributed by atoms with Gasteiger partial charge in [0.25, 0.3) is 11.8 Å². The summed E-state index contributed by atoms with van der Waals surface area (Å²) in [6.07, 6.45) is -1.28. The summed E-state index contributed by atoms with van der Waals surface area (Å²) in [4.78, 5) is 25.8. The van der Waals surface area contributed by atoms with Crippen molar-refractivity contribution < 1.29 is 36.2 Å². The van der Waals surface area contributed by atoms with Crippen LogP contribution >= 0.6 is 0 Å². The number of halogens is 1. The Morgan fingerprint density at radius 3 is 1.84 bits per heavy atom. The van der Waals surface area contributed by atoms with Gasteiger partial charge in [0.1, 0.15) is 6.54 Å². The maximum atomic E-state index is 12.4. The molecule has 3 rings (SSSR count). The van der Waals surface area contributed by atoms with Crippen molar-refractivity contribution in [2.45, 2.75) is 12.8 Å². The average Bonchev–Trinajstić information content (AvgIpc) is 2.78. The van der Waals surface area contributed by atoms with E-state index in [1.807, 2.05) is 12.1 Å². The molecule has 2 aromatic rings. The average molecular weight is 405 g/mol. The summed E-state index contributed by atoms with van der Waals surface area (Å²) < 4.78 is 0.792. The molecule has 2 aromatic carbocycles. The van der Waals surface area contributed by atoms with Crippen LogP contribution in [0.3, 0.4) is 0 Å². The molecule has 2 amide bonds. The molecule has 5 nitrogen and oxygen atoms in total. The van der Waals surface area contributed by atoms with Gasteiger partial charge < -0.3 is 26.6 Å². The van der Waals surface area contributed by atoms with Gasteiger partial charge in [-0.05, 0) is 12.1 Å². The third-order valence-corrected chi connectivity index (χ3v) is 4.00. The number of nitrogens with zero attached hydrogens (tertiary/aromatic N) is 2. The predicted molar refractivity (Wildman–Crippen MR) is 90.1 cm³/mol. The zero-order chi connectivity index (χ0) is 17.5. The highest BCUT2D eigenvalue weighted by Gasteiger charge is 2.39. The fourth-order valence-corrected chi connectivity index (χ4v) is 2.92. The maximum absolute atomic E-state index is 12.4. The molecule has 0 aromatic heterocycles. The number of aliphatic hydroxyl groups excluding tert-OH is 1. The molecule has 25 heavy (non-hydrogen) atoms. The van der Waals surface area contributed by atoms with Crippen LogP contribution < -0.4 is 17.0 Å². The Hall–Kier alpha value is -2.02. The number of imide groups is 1. The quantitative estimate of drug-likeness (QED) is 0.535. The van der Waals surface area contributed by atoms with E-state index in [2.05, 4.69) is 21.1 Å². The molecule has 1 N–H and O–H groups in total. The minimum Gasteiger partial charge on any atom is -1.00 e. The van der Waals surface area contributed by atoms with Gasteiger partial charge >= 0.3 is 0 Å². The molecule has 0 radical (unpaired) electrons. The lowest BCUT2D eigenvalue weighted by Crippen LogP contribution is -3.00. The smallest absolute Gasteiger partial charge is 0.263 e. The van der Waals surface area contributed by atoms with Crippen LogP contribution in [-0.4, -0.2) is 47.4 Å². The largest absolute Gasteiger partial charge is 1.00 e. The number of hydrogen-bond acceptors (Lipinski definition) is 3. The van der Waals surface area contributed by atoms with Crippen LogP contribution in [0.5, 0.6) is 0 Å². The molecule has 1 atom stereocenters. The third kappa shape index (κ3) is 3.81. The van der Waals surface area contributed by atoms with Crippen LogP contribution in [0.25, 0.3) is 0 Å². The van der Waals surface area contributed by atoms with Crippen molar-refractivity contribution in [2.24, 2.45) is 0 Å². The van der Waals surface area contributed by atoms with E-state index in [1.165, 1.54) is 0 Å². The number of carbonyl (C=O) groups excluding carboxylic acids is 2.